The van der Waals surface area contributed by atoms with Crippen LogP contribution in [-0.2, 0) is 38.7 Å². The van der Waals surface area contributed by atoms with Gasteiger partial charge in [-0.1, -0.05) is 36.7 Å². The average molecular weight is 567 g/mol. The van der Waals surface area contributed by atoms with E-state index in [0.29, 0.717) is 51.3 Å². The number of hydrogen-bond acceptors (Lipinski definition) is 3. The van der Waals surface area contributed by atoms with Crippen molar-refractivity contribution in [1.82, 2.24) is 19.1 Å². The minimum Gasteiger partial charge on any atom is -0.373 e. The lowest BCUT2D eigenvalue weighted by Gasteiger charge is -2.31. The molecular weight excluding hydrogens is 537 g/mol. The Hall–Kier alpha value is -3.62. The van der Waals surface area contributed by atoms with Crippen LogP contribution in [0.4, 0.5) is 13.2 Å². The van der Waals surface area contributed by atoms with Crippen LogP contribution in [0.2, 0.25) is 5.02 Å². The maximum atomic E-state index is 13.1. The van der Waals surface area contributed by atoms with Gasteiger partial charge in [0.2, 0.25) is 0 Å². The predicted molar refractivity (Wildman–Crippen MR) is 151 cm³/mol. The van der Waals surface area contributed by atoms with Gasteiger partial charge >= 0.3 is 6.18 Å². The summed E-state index contributed by atoms with van der Waals surface area (Å²) in [5.41, 5.74) is 3.52. The Kier molecular flexibility index (Phi) is 7.04. The number of aliphatic hydroxyl groups is 1. The molecule has 9 heteroatoms. The van der Waals surface area contributed by atoms with E-state index in [0.717, 1.165) is 34.9 Å². The molecule has 5 aromatic rings. The van der Waals surface area contributed by atoms with Crippen LogP contribution >= 0.6 is 11.6 Å². The minimum atomic E-state index is -4.40. The first-order valence-corrected chi connectivity index (χ1v) is 13.4. The Balaban J connectivity index is 1.68. The number of halogens is 4. The van der Waals surface area contributed by atoms with E-state index in [1.54, 1.807) is 6.20 Å². The van der Waals surface area contributed by atoms with Gasteiger partial charge in [0.1, 0.15) is 5.82 Å². The van der Waals surface area contributed by atoms with Crippen LogP contribution in [0.1, 0.15) is 57.8 Å². The highest BCUT2D eigenvalue weighted by molar-refractivity contribution is 6.36. The fourth-order valence-corrected chi connectivity index (χ4v) is 5.59. The molecule has 0 aliphatic carbocycles. The maximum absolute atomic E-state index is 13.1. The molecule has 3 heterocycles. The summed E-state index contributed by atoms with van der Waals surface area (Å²) >= 11 is 7.04. The zero-order valence-corrected chi connectivity index (χ0v) is 23.7. The third-order valence-corrected chi connectivity index (χ3v) is 8.28. The predicted octanol–water partition coefficient (Wildman–Crippen LogP) is 7.03. The molecule has 0 radical (unpaired) electrons. The number of hydrogen-bond donors (Lipinski definition) is 1. The lowest BCUT2D eigenvalue weighted by molar-refractivity contribution is -0.137. The van der Waals surface area contributed by atoms with E-state index in [1.165, 1.54) is 12.1 Å². The van der Waals surface area contributed by atoms with Crippen LogP contribution in [0, 0.1) is 13.8 Å². The summed E-state index contributed by atoms with van der Waals surface area (Å²) in [6.45, 7) is 5.82. The highest BCUT2D eigenvalue weighted by Crippen LogP contribution is 2.40. The summed E-state index contributed by atoms with van der Waals surface area (Å²) in [5, 5.41) is 13.6. The molecule has 0 aliphatic rings. The Labute approximate surface area is 235 Å². The largest absolute Gasteiger partial charge is 0.416 e. The summed E-state index contributed by atoms with van der Waals surface area (Å²) in [5.74, 6) is 0.756. The zero-order chi connectivity index (χ0) is 29.0. The molecule has 1 unspecified atom stereocenters. The Morgan fingerprint density at radius 3 is 2.12 bits per heavy atom. The van der Waals surface area contributed by atoms with Crippen LogP contribution in [0.3, 0.4) is 0 Å². The molecule has 0 saturated heterocycles. The topological polar surface area (TPSA) is 55.9 Å². The van der Waals surface area contributed by atoms with E-state index in [4.69, 9.17) is 16.6 Å². The summed E-state index contributed by atoms with van der Waals surface area (Å²) in [6, 6.07) is 14.5. The monoisotopic (exact) mass is 566 g/mol. The number of pyridine rings is 1. The lowest BCUT2D eigenvalue weighted by atomic mass is 9.86. The molecule has 0 spiro atoms. The molecule has 2 aromatic carbocycles. The number of benzene rings is 2. The van der Waals surface area contributed by atoms with Gasteiger partial charge in [0.15, 0.2) is 5.60 Å². The van der Waals surface area contributed by atoms with Crippen LogP contribution in [-0.4, -0.2) is 24.2 Å². The van der Waals surface area contributed by atoms with Gasteiger partial charge in [0, 0.05) is 37.3 Å². The summed E-state index contributed by atoms with van der Waals surface area (Å²) in [4.78, 5) is 9.29. The Bertz CT molecular complexity index is 1670. The normalized spacial score (nSPS) is 13.7. The second-order valence-corrected chi connectivity index (χ2v) is 10.6. The van der Waals surface area contributed by atoms with Gasteiger partial charge < -0.3 is 14.2 Å². The van der Waals surface area contributed by atoms with Crippen LogP contribution in [0.5, 0.6) is 0 Å². The summed E-state index contributed by atoms with van der Waals surface area (Å²) in [7, 11) is 3.77. The number of imidazole rings is 1. The van der Waals surface area contributed by atoms with Crippen molar-refractivity contribution in [2.75, 3.05) is 0 Å². The van der Waals surface area contributed by atoms with Gasteiger partial charge in [-0.3, -0.25) is 4.98 Å². The van der Waals surface area contributed by atoms with Crippen molar-refractivity contribution in [2.45, 2.75) is 45.4 Å². The molecule has 1 atom stereocenters. The van der Waals surface area contributed by atoms with Gasteiger partial charge in [-0.25, -0.2) is 4.98 Å². The van der Waals surface area contributed by atoms with E-state index in [-0.39, 0.29) is 0 Å². The second kappa shape index (κ2) is 10.1. The highest BCUT2D eigenvalue weighted by atomic mass is 35.5. The summed E-state index contributed by atoms with van der Waals surface area (Å²) in [6.07, 6.45) is -1.78. The van der Waals surface area contributed by atoms with Crippen molar-refractivity contribution in [3.63, 3.8) is 0 Å². The quantitative estimate of drug-likeness (QED) is 0.240. The SMILES string of the molecule is CCc1nc2ccc(C(O)(c3ccc(C)n3C)c3cnc(C)n3C)cc2c(Cl)c1Cc1ccc(C(F)(F)F)cc1. The van der Waals surface area contributed by atoms with Crippen LogP contribution < -0.4 is 0 Å². The van der Waals surface area contributed by atoms with Crippen LogP contribution in [0.25, 0.3) is 10.9 Å². The molecule has 208 valence electrons. The number of aryl methyl sites for hydroxylation is 3. The van der Waals surface area contributed by atoms with Gasteiger partial charge in [-0.2, -0.15) is 13.2 Å². The Morgan fingerprint density at radius 1 is 0.900 bits per heavy atom. The molecule has 5 nitrogen and oxygen atoms in total. The standard InChI is InChI=1S/C31H30ClF3N4O/c1-6-25-23(15-20-8-10-21(11-9-20)31(33,34)35)29(32)24-16-22(12-13-26(24)37-25)30(40,27-14-7-18(2)38(27)4)28-17-36-19(3)39(28)5/h7-14,16-17,40H,6,15H2,1-5H3. The van der Waals surface area contributed by atoms with E-state index >= 15 is 0 Å². The minimum absolute atomic E-state index is 0.329. The first-order valence-electron chi connectivity index (χ1n) is 13.0. The molecule has 0 aliphatic heterocycles. The number of aromatic nitrogens is 4. The number of nitrogens with zero attached hydrogens (tertiary/aromatic N) is 4. The van der Waals surface area contributed by atoms with E-state index in [9.17, 15) is 18.3 Å². The van der Waals surface area contributed by atoms with Crippen molar-refractivity contribution >= 4 is 22.5 Å². The third-order valence-electron chi connectivity index (χ3n) is 7.85. The molecule has 0 saturated carbocycles. The molecule has 0 fully saturated rings. The molecule has 5 rings (SSSR count). The van der Waals surface area contributed by atoms with Gasteiger partial charge in [-0.05, 0) is 73.4 Å². The smallest absolute Gasteiger partial charge is 0.373 e. The molecule has 0 amide bonds. The molecule has 1 N–H and O–H groups in total. The molecule has 40 heavy (non-hydrogen) atoms. The number of fused-ring (bicyclic) bond motifs is 1. The second-order valence-electron chi connectivity index (χ2n) is 10.2. The summed E-state index contributed by atoms with van der Waals surface area (Å²) < 4.78 is 43.0. The first kappa shape index (κ1) is 27.9. The van der Waals surface area contributed by atoms with E-state index < -0.39 is 17.3 Å². The van der Waals surface area contributed by atoms with E-state index in [1.807, 2.05) is 74.3 Å². The number of alkyl halides is 3. The number of rotatable bonds is 6. The Morgan fingerprint density at radius 2 is 1.57 bits per heavy atom. The van der Waals surface area contributed by atoms with Crippen LogP contribution in [0.15, 0.2) is 60.8 Å². The zero-order valence-electron chi connectivity index (χ0n) is 22.9. The highest BCUT2D eigenvalue weighted by Gasteiger charge is 2.40. The lowest BCUT2D eigenvalue weighted by Crippen LogP contribution is -2.33. The average Bonchev–Trinajstić information content (AvgIpc) is 3.45. The van der Waals surface area contributed by atoms with Crippen molar-refractivity contribution in [3.8, 4) is 0 Å². The molecule has 3 aromatic heterocycles. The van der Waals surface area contributed by atoms with Crippen molar-refractivity contribution in [1.29, 1.82) is 0 Å². The van der Waals surface area contributed by atoms with Crippen molar-refractivity contribution in [3.05, 3.63) is 117 Å². The van der Waals surface area contributed by atoms with Gasteiger partial charge in [-0.15, -0.1) is 0 Å². The fraction of sp³-hybridized carbons (Fsp3) is 0.290. The van der Waals surface area contributed by atoms with Gasteiger partial charge in [0.05, 0.1) is 33.7 Å². The molecular formula is C31H30ClF3N4O. The van der Waals surface area contributed by atoms with Gasteiger partial charge in [0.25, 0.3) is 0 Å². The van der Waals surface area contributed by atoms with Crippen molar-refractivity contribution < 1.29 is 18.3 Å². The van der Waals surface area contributed by atoms with E-state index in [2.05, 4.69) is 4.98 Å². The fourth-order valence-electron chi connectivity index (χ4n) is 5.27. The third kappa shape index (κ3) is 4.59. The molecule has 0 bridgehead atoms. The first-order chi connectivity index (χ1) is 18.9. The van der Waals surface area contributed by atoms with Crippen molar-refractivity contribution in [2.24, 2.45) is 14.1 Å². The maximum Gasteiger partial charge on any atom is 0.416 e.